The van der Waals surface area contributed by atoms with E-state index in [9.17, 15) is 27.5 Å². The summed E-state index contributed by atoms with van der Waals surface area (Å²) in [6.45, 7) is 0.516. The van der Waals surface area contributed by atoms with E-state index in [1.807, 2.05) is 0 Å². The number of hydrogen-bond acceptors (Lipinski definition) is 4. The molecule has 0 radical (unpaired) electrons. The maximum Gasteiger partial charge on any atom is 0.418 e. The lowest BCUT2D eigenvalue weighted by Crippen LogP contribution is -2.46. The van der Waals surface area contributed by atoms with Crippen molar-refractivity contribution in [2.75, 3.05) is 0 Å². The maximum atomic E-state index is 14.5. The van der Waals surface area contributed by atoms with Gasteiger partial charge in [0.1, 0.15) is 11.9 Å². The molecule has 2 aromatic rings. The number of rotatable bonds is 6. The summed E-state index contributed by atoms with van der Waals surface area (Å²) in [5.74, 6) is -1.83. The van der Waals surface area contributed by atoms with E-state index in [4.69, 9.17) is 16.3 Å². The van der Waals surface area contributed by atoms with E-state index in [-0.39, 0.29) is 48.0 Å². The first-order chi connectivity index (χ1) is 16.1. The number of halogens is 6. The number of carboxylic acids is 1. The van der Waals surface area contributed by atoms with Crippen molar-refractivity contribution in [3.63, 3.8) is 0 Å². The quantitative estimate of drug-likeness (QED) is 0.430. The van der Waals surface area contributed by atoms with E-state index in [1.54, 1.807) is 0 Å². The summed E-state index contributed by atoms with van der Waals surface area (Å²) in [6.07, 6.45) is 1.10. The van der Waals surface area contributed by atoms with E-state index >= 15 is 0 Å². The van der Waals surface area contributed by atoms with Crippen LogP contribution < -0.4 is 4.74 Å². The normalized spacial score (nSPS) is 24.2. The lowest BCUT2D eigenvalue weighted by Gasteiger charge is -2.39. The highest BCUT2D eigenvalue weighted by Gasteiger charge is 2.43. The van der Waals surface area contributed by atoms with Crippen molar-refractivity contribution >= 4 is 30.0 Å². The molecule has 5 rings (SSSR count). The maximum absolute atomic E-state index is 14.5. The minimum absolute atomic E-state index is 0. The average Bonchev–Trinajstić information content (AvgIpc) is 3.56. The predicted molar refractivity (Wildman–Crippen MR) is 123 cm³/mol. The molecule has 2 aliphatic heterocycles. The Labute approximate surface area is 210 Å². The molecular weight excluding hydrogens is 511 g/mol. The molecule has 3 fully saturated rings. The van der Waals surface area contributed by atoms with Crippen LogP contribution in [0.4, 0.5) is 17.6 Å². The van der Waals surface area contributed by atoms with E-state index < -0.39 is 28.5 Å². The molecule has 2 atom stereocenters. The number of pyridine rings is 1. The summed E-state index contributed by atoms with van der Waals surface area (Å²) in [7, 11) is 0. The predicted octanol–water partition coefficient (Wildman–Crippen LogP) is 6.46. The van der Waals surface area contributed by atoms with Crippen molar-refractivity contribution in [3.05, 3.63) is 57.5 Å². The molecule has 1 saturated carbocycles. The Morgan fingerprint density at radius 2 is 1.80 bits per heavy atom. The van der Waals surface area contributed by atoms with Crippen LogP contribution in [-0.2, 0) is 12.7 Å². The van der Waals surface area contributed by atoms with Crippen LogP contribution in [0.25, 0.3) is 0 Å². The molecule has 3 heterocycles. The van der Waals surface area contributed by atoms with E-state index in [0.29, 0.717) is 19.4 Å². The lowest BCUT2D eigenvalue weighted by atomic mass is 9.95. The largest absolute Gasteiger partial charge is 0.478 e. The van der Waals surface area contributed by atoms with Crippen molar-refractivity contribution in [1.82, 2.24) is 9.88 Å². The average molecular weight is 535 g/mol. The number of ether oxygens (including phenoxy) is 1. The summed E-state index contributed by atoms with van der Waals surface area (Å²) in [6, 6.07) is 3.97. The molecule has 1 aliphatic carbocycles. The molecule has 3 aliphatic rings. The molecule has 1 N–H and O–H groups in total. The van der Waals surface area contributed by atoms with Crippen LogP contribution >= 0.6 is 24.0 Å². The highest BCUT2D eigenvalue weighted by atomic mass is 35.5. The van der Waals surface area contributed by atoms with Gasteiger partial charge in [-0.2, -0.15) is 13.2 Å². The molecule has 190 valence electrons. The summed E-state index contributed by atoms with van der Waals surface area (Å²) in [5, 5.41) is 8.82. The van der Waals surface area contributed by atoms with Crippen LogP contribution in [0.3, 0.4) is 0 Å². The number of aromatic nitrogens is 1. The van der Waals surface area contributed by atoms with Gasteiger partial charge in [-0.3, -0.25) is 4.90 Å². The molecule has 1 aromatic carbocycles. The summed E-state index contributed by atoms with van der Waals surface area (Å²) in [5.41, 5.74) is 0.450. The summed E-state index contributed by atoms with van der Waals surface area (Å²) < 4.78 is 59.8. The molecule has 1 aromatic heterocycles. The lowest BCUT2D eigenvalue weighted by molar-refractivity contribution is -0.137. The number of aromatic carboxylic acids is 1. The van der Waals surface area contributed by atoms with Gasteiger partial charge in [0.2, 0.25) is 5.88 Å². The zero-order valence-electron chi connectivity index (χ0n) is 18.5. The third-order valence-electron chi connectivity index (χ3n) is 7.09. The Kier molecular flexibility index (Phi) is 7.23. The molecule has 0 spiro atoms. The summed E-state index contributed by atoms with van der Waals surface area (Å²) in [4.78, 5) is 17.6. The molecule has 2 unspecified atom stereocenters. The SMILES string of the molecule is Cl.O=C(O)c1cc(C2CC2)c(CN2C3CCC2CC(Oc2cc(C(F)(F)F)c(Cl)cn2)C3)cc1F. The van der Waals surface area contributed by atoms with E-state index in [1.165, 1.54) is 12.1 Å². The molecule has 5 nitrogen and oxygen atoms in total. The zero-order valence-corrected chi connectivity index (χ0v) is 20.1. The Morgan fingerprint density at radius 1 is 1.14 bits per heavy atom. The number of alkyl halides is 3. The van der Waals surface area contributed by atoms with Gasteiger partial charge < -0.3 is 9.84 Å². The van der Waals surface area contributed by atoms with Crippen LogP contribution in [-0.4, -0.2) is 39.1 Å². The van der Waals surface area contributed by atoms with Gasteiger partial charge in [-0.15, -0.1) is 12.4 Å². The topological polar surface area (TPSA) is 62.7 Å². The number of carboxylic acid groups (broad SMARTS) is 1. The molecule has 11 heteroatoms. The fourth-order valence-electron chi connectivity index (χ4n) is 5.35. The minimum atomic E-state index is -4.59. The zero-order chi connectivity index (χ0) is 24.2. The van der Waals surface area contributed by atoms with Crippen molar-refractivity contribution in [3.8, 4) is 5.88 Å². The van der Waals surface area contributed by atoms with Crippen molar-refractivity contribution in [2.45, 2.75) is 75.4 Å². The summed E-state index contributed by atoms with van der Waals surface area (Å²) >= 11 is 5.65. The highest BCUT2D eigenvalue weighted by Crippen LogP contribution is 2.45. The number of fused-ring (bicyclic) bond motifs is 2. The van der Waals surface area contributed by atoms with Crippen LogP contribution in [0.1, 0.15) is 71.5 Å². The third-order valence-corrected chi connectivity index (χ3v) is 7.39. The van der Waals surface area contributed by atoms with Gasteiger partial charge in [0.05, 0.1) is 22.3 Å². The van der Waals surface area contributed by atoms with Gasteiger partial charge in [0, 0.05) is 24.7 Å². The second kappa shape index (κ2) is 9.75. The van der Waals surface area contributed by atoms with Gasteiger partial charge in [0.15, 0.2) is 0 Å². The highest BCUT2D eigenvalue weighted by molar-refractivity contribution is 6.31. The first-order valence-electron chi connectivity index (χ1n) is 11.3. The minimum Gasteiger partial charge on any atom is -0.478 e. The number of nitrogens with zero attached hydrogens (tertiary/aromatic N) is 2. The van der Waals surface area contributed by atoms with Crippen LogP contribution in [0.5, 0.6) is 5.88 Å². The number of hydrogen-bond donors (Lipinski definition) is 1. The standard InChI is InChI=1S/C24H23ClF4N2O3.ClH/c25-20-10-30-22(9-19(20)24(27,28)29)34-16-6-14-3-4-15(7-16)31(14)11-13-5-21(26)18(23(32)33)8-17(13)12-1-2-12;/h5,8-10,12,14-16H,1-4,6-7,11H2,(H,32,33);1H. The molecule has 35 heavy (non-hydrogen) atoms. The van der Waals surface area contributed by atoms with Crippen molar-refractivity contribution < 1.29 is 32.2 Å². The van der Waals surface area contributed by atoms with Gasteiger partial charge in [-0.25, -0.2) is 14.2 Å². The van der Waals surface area contributed by atoms with Crippen LogP contribution in [0.2, 0.25) is 5.02 Å². The fourth-order valence-corrected chi connectivity index (χ4v) is 5.56. The molecule has 0 amide bonds. The monoisotopic (exact) mass is 534 g/mol. The molecule has 2 bridgehead atoms. The number of piperidine rings is 1. The van der Waals surface area contributed by atoms with Gasteiger partial charge >= 0.3 is 12.1 Å². The Balaban J connectivity index is 0.00000289. The second-order valence-corrected chi connectivity index (χ2v) is 9.79. The molecule has 2 saturated heterocycles. The van der Waals surface area contributed by atoms with Crippen molar-refractivity contribution in [1.29, 1.82) is 0 Å². The Morgan fingerprint density at radius 3 is 2.37 bits per heavy atom. The smallest absolute Gasteiger partial charge is 0.418 e. The molecular formula is C24H24Cl2F4N2O3. The second-order valence-electron chi connectivity index (χ2n) is 9.38. The first-order valence-corrected chi connectivity index (χ1v) is 11.7. The third kappa shape index (κ3) is 5.37. The Hall–Kier alpha value is -2.10. The Bertz CT molecular complexity index is 1110. The number of carbonyl (C=O) groups is 1. The number of benzene rings is 1. The van der Waals surface area contributed by atoms with Gasteiger partial charge in [-0.1, -0.05) is 11.6 Å². The first kappa shape index (κ1) is 26.0. The fraction of sp³-hybridized carbons (Fsp3) is 0.500. The van der Waals surface area contributed by atoms with Crippen LogP contribution in [0.15, 0.2) is 24.4 Å². The van der Waals surface area contributed by atoms with Crippen LogP contribution in [0, 0.1) is 5.82 Å². The van der Waals surface area contributed by atoms with Crippen molar-refractivity contribution in [2.24, 2.45) is 0 Å². The van der Waals surface area contributed by atoms with Gasteiger partial charge in [-0.05, 0) is 67.7 Å². The van der Waals surface area contributed by atoms with E-state index in [0.717, 1.165) is 49.1 Å². The van der Waals surface area contributed by atoms with E-state index in [2.05, 4.69) is 9.88 Å². The van der Waals surface area contributed by atoms with Gasteiger partial charge in [0.25, 0.3) is 0 Å².